The van der Waals surface area contributed by atoms with Crippen molar-refractivity contribution in [2.45, 2.75) is 111 Å². The Balaban J connectivity index is 1.57. The maximum atomic E-state index is 13.0. The fourth-order valence-corrected chi connectivity index (χ4v) is 9.60. The summed E-state index contributed by atoms with van der Waals surface area (Å²) in [5, 5.41) is 43.2. The van der Waals surface area contributed by atoms with Gasteiger partial charge >= 0.3 is 5.97 Å². The molecule has 1 aliphatic heterocycles. The van der Waals surface area contributed by atoms with E-state index in [4.69, 9.17) is 4.74 Å². The largest absolute Gasteiger partial charge is 0.465 e. The first-order valence-electron chi connectivity index (χ1n) is 14.3. The second-order valence-electron chi connectivity index (χ2n) is 13.5. The SMILES string of the molecule is CCC(C(C)C)[C@H](O)[C@@H](O)[C@@H](C)C1CCC2C3COC(=O)[C@H]4C[C@H](O)[C@H](O)CC4(C)C3CCC21C. The number of fused-ring (bicyclic) bond motifs is 5. The number of esters is 1. The summed E-state index contributed by atoms with van der Waals surface area (Å²) in [4.78, 5) is 13.0. The summed E-state index contributed by atoms with van der Waals surface area (Å²) in [7, 11) is 0. The highest BCUT2D eigenvalue weighted by molar-refractivity contribution is 5.74. The van der Waals surface area contributed by atoms with Gasteiger partial charge in [-0.25, -0.2) is 0 Å². The Morgan fingerprint density at radius 3 is 2.26 bits per heavy atom. The average molecular weight is 495 g/mol. The van der Waals surface area contributed by atoms with E-state index in [9.17, 15) is 25.2 Å². The van der Waals surface area contributed by atoms with Gasteiger partial charge in [0.25, 0.3) is 0 Å². The van der Waals surface area contributed by atoms with Crippen LogP contribution in [0.1, 0.15) is 86.5 Å². The van der Waals surface area contributed by atoms with Gasteiger partial charge in [0, 0.05) is 0 Å². The van der Waals surface area contributed by atoms with Crippen molar-refractivity contribution in [2.75, 3.05) is 6.61 Å². The van der Waals surface area contributed by atoms with E-state index in [-0.39, 0.29) is 52.8 Å². The van der Waals surface area contributed by atoms with Crippen LogP contribution in [0.5, 0.6) is 0 Å². The second-order valence-corrected chi connectivity index (χ2v) is 13.5. The Hall–Kier alpha value is -0.690. The van der Waals surface area contributed by atoms with Gasteiger partial charge in [0.2, 0.25) is 0 Å². The van der Waals surface area contributed by atoms with Crippen LogP contribution >= 0.6 is 0 Å². The molecule has 0 aromatic rings. The van der Waals surface area contributed by atoms with Gasteiger partial charge in [0.05, 0.1) is 36.9 Å². The molecule has 0 aromatic carbocycles. The van der Waals surface area contributed by atoms with E-state index in [2.05, 4.69) is 41.5 Å². The number of aliphatic hydroxyl groups excluding tert-OH is 4. The van der Waals surface area contributed by atoms with Crippen molar-refractivity contribution in [3.8, 4) is 0 Å². The molecule has 1 saturated heterocycles. The summed E-state index contributed by atoms with van der Waals surface area (Å²) in [5.74, 6) is 1.01. The standard InChI is InChI=1S/C29H50O6/c1-7-17(15(2)3)26(33)25(32)16(4)19-8-9-20-18-14-35-27(34)22-12-23(30)24(31)13-29(22,6)21(18)10-11-28(19,20)5/h15-26,30-33H,7-14H2,1-6H3/t16-,17?,18?,19?,20?,21?,22+,23-,24+,25-,26-,28?,29?/m0/s1. The number of hydrogen-bond acceptors (Lipinski definition) is 6. The van der Waals surface area contributed by atoms with Gasteiger partial charge in [-0.2, -0.15) is 0 Å². The third kappa shape index (κ3) is 4.38. The zero-order chi connectivity index (χ0) is 25.9. The Labute approximate surface area is 211 Å². The van der Waals surface area contributed by atoms with Gasteiger partial charge in [-0.05, 0) is 90.8 Å². The Bertz CT molecular complexity index is 770. The first kappa shape index (κ1) is 27.3. The predicted molar refractivity (Wildman–Crippen MR) is 134 cm³/mol. The number of rotatable bonds is 6. The fraction of sp³-hybridized carbons (Fsp3) is 0.966. The van der Waals surface area contributed by atoms with Gasteiger partial charge in [-0.15, -0.1) is 0 Å². The smallest absolute Gasteiger partial charge is 0.309 e. The van der Waals surface area contributed by atoms with Crippen LogP contribution in [0, 0.1) is 58.2 Å². The molecule has 4 aliphatic rings. The van der Waals surface area contributed by atoms with Crippen LogP contribution in [0.2, 0.25) is 0 Å². The van der Waals surface area contributed by atoms with Crippen molar-refractivity contribution in [3.63, 3.8) is 0 Å². The molecule has 0 amide bonds. The third-order valence-corrected chi connectivity index (χ3v) is 11.7. The molecular weight excluding hydrogens is 444 g/mol. The summed E-state index contributed by atoms with van der Waals surface area (Å²) >= 11 is 0. The van der Waals surface area contributed by atoms with Crippen LogP contribution in [-0.2, 0) is 9.53 Å². The molecule has 4 rings (SSSR count). The molecule has 4 N–H and O–H groups in total. The van der Waals surface area contributed by atoms with E-state index in [0.717, 1.165) is 32.1 Å². The molecule has 13 atom stereocenters. The molecule has 3 saturated carbocycles. The Kier molecular flexibility index (Phi) is 7.72. The van der Waals surface area contributed by atoms with Crippen molar-refractivity contribution in [1.29, 1.82) is 0 Å². The average Bonchev–Trinajstić information content (AvgIpc) is 3.11. The van der Waals surface area contributed by atoms with E-state index < -0.39 is 24.4 Å². The molecular formula is C29H50O6. The van der Waals surface area contributed by atoms with Crippen molar-refractivity contribution in [3.05, 3.63) is 0 Å². The van der Waals surface area contributed by atoms with Crippen LogP contribution in [0.3, 0.4) is 0 Å². The molecule has 7 unspecified atom stereocenters. The maximum Gasteiger partial charge on any atom is 0.309 e. The Morgan fingerprint density at radius 2 is 1.63 bits per heavy atom. The molecule has 35 heavy (non-hydrogen) atoms. The fourth-order valence-electron chi connectivity index (χ4n) is 9.60. The van der Waals surface area contributed by atoms with Crippen LogP contribution in [0.25, 0.3) is 0 Å². The van der Waals surface area contributed by atoms with Crippen molar-refractivity contribution < 1.29 is 30.0 Å². The van der Waals surface area contributed by atoms with Crippen LogP contribution < -0.4 is 0 Å². The number of carbonyl (C=O) groups excluding carboxylic acids is 1. The molecule has 202 valence electrons. The maximum absolute atomic E-state index is 13.0. The molecule has 6 nitrogen and oxygen atoms in total. The lowest BCUT2D eigenvalue weighted by Gasteiger charge is -2.56. The normalized spacial score (nSPS) is 47.1. The summed E-state index contributed by atoms with van der Waals surface area (Å²) in [6, 6.07) is 0. The van der Waals surface area contributed by atoms with Gasteiger partial charge in [0.1, 0.15) is 0 Å². The predicted octanol–water partition coefficient (Wildman–Crippen LogP) is 3.78. The zero-order valence-corrected chi connectivity index (χ0v) is 22.7. The Morgan fingerprint density at radius 1 is 0.971 bits per heavy atom. The molecule has 0 aromatic heterocycles. The second kappa shape index (κ2) is 9.89. The van der Waals surface area contributed by atoms with E-state index in [1.807, 2.05) is 0 Å². The molecule has 0 radical (unpaired) electrons. The van der Waals surface area contributed by atoms with Gasteiger partial charge < -0.3 is 25.2 Å². The molecule has 4 fully saturated rings. The van der Waals surface area contributed by atoms with E-state index in [1.54, 1.807) is 0 Å². The first-order valence-corrected chi connectivity index (χ1v) is 14.3. The number of carbonyl (C=O) groups is 1. The van der Waals surface area contributed by atoms with Gasteiger partial charge in [-0.1, -0.05) is 48.0 Å². The monoisotopic (exact) mass is 494 g/mol. The summed E-state index contributed by atoms with van der Waals surface area (Å²) in [6.45, 7) is 13.4. The van der Waals surface area contributed by atoms with Crippen molar-refractivity contribution >= 4 is 5.97 Å². The molecule has 0 bridgehead atoms. The molecule has 6 heteroatoms. The van der Waals surface area contributed by atoms with Crippen molar-refractivity contribution in [2.24, 2.45) is 58.2 Å². The van der Waals surface area contributed by atoms with Gasteiger partial charge in [-0.3, -0.25) is 4.79 Å². The molecule has 3 aliphatic carbocycles. The minimum Gasteiger partial charge on any atom is -0.465 e. The van der Waals surface area contributed by atoms with Crippen LogP contribution in [-0.4, -0.2) is 57.4 Å². The summed E-state index contributed by atoms with van der Waals surface area (Å²) < 4.78 is 5.88. The lowest BCUT2D eigenvalue weighted by Crippen LogP contribution is -2.55. The number of hydrogen-bond donors (Lipinski definition) is 4. The van der Waals surface area contributed by atoms with Gasteiger partial charge in [0.15, 0.2) is 0 Å². The zero-order valence-electron chi connectivity index (χ0n) is 22.7. The molecule has 0 spiro atoms. The summed E-state index contributed by atoms with van der Waals surface area (Å²) in [5.41, 5.74) is -0.348. The highest BCUT2D eigenvalue weighted by atomic mass is 16.5. The quantitative estimate of drug-likeness (QED) is 0.419. The number of ether oxygens (including phenoxy) is 1. The number of aliphatic hydroxyl groups is 4. The highest BCUT2D eigenvalue weighted by Crippen LogP contribution is 2.66. The summed E-state index contributed by atoms with van der Waals surface area (Å²) in [6.07, 6.45) is 2.49. The minimum absolute atomic E-state index is 0.00679. The van der Waals surface area contributed by atoms with Crippen LogP contribution in [0.15, 0.2) is 0 Å². The van der Waals surface area contributed by atoms with E-state index in [1.165, 1.54) is 0 Å². The first-order chi connectivity index (χ1) is 16.4. The topological polar surface area (TPSA) is 107 Å². The third-order valence-electron chi connectivity index (χ3n) is 11.7. The lowest BCUT2D eigenvalue weighted by molar-refractivity contribution is -0.162. The lowest BCUT2D eigenvalue weighted by atomic mass is 9.48. The van der Waals surface area contributed by atoms with Crippen molar-refractivity contribution in [1.82, 2.24) is 0 Å². The van der Waals surface area contributed by atoms with E-state index in [0.29, 0.717) is 30.8 Å². The highest BCUT2D eigenvalue weighted by Gasteiger charge is 2.63. The van der Waals surface area contributed by atoms with E-state index >= 15 is 0 Å². The van der Waals surface area contributed by atoms with Crippen LogP contribution in [0.4, 0.5) is 0 Å². The number of cyclic esters (lactones) is 1. The minimum atomic E-state index is -0.867. The molecule has 1 heterocycles.